The number of nitrogens with zero attached hydrogens (tertiary/aromatic N) is 2. The summed E-state index contributed by atoms with van der Waals surface area (Å²) < 4.78 is 22.7. The van der Waals surface area contributed by atoms with Crippen LogP contribution >= 0.6 is 0 Å². The highest BCUT2D eigenvalue weighted by Crippen LogP contribution is 2.11. The molecule has 1 unspecified atom stereocenters. The van der Waals surface area contributed by atoms with Gasteiger partial charge in [-0.25, -0.2) is 8.42 Å². The van der Waals surface area contributed by atoms with Crippen molar-refractivity contribution in [2.24, 2.45) is 0 Å². The number of hydrogen-bond donors (Lipinski definition) is 1. The molecule has 23 heavy (non-hydrogen) atoms. The van der Waals surface area contributed by atoms with Crippen LogP contribution in [-0.4, -0.2) is 61.3 Å². The second-order valence-electron chi connectivity index (χ2n) is 5.77. The van der Waals surface area contributed by atoms with Crippen molar-refractivity contribution in [3.63, 3.8) is 0 Å². The van der Waals surface area contributed by atoms with Crippen LogP contribution in [-0.2, 0) is 25.8 Å². The number of sulfone groups is 1. The van der Waals surface area contributed by atoms with E-state index in [9.17, 15) is 18.0 Å². The number of nitrogens with one attached hydrogen (secondary N) is 1. The van der Waals surface area contributed by atoms with Gasteiger partial charge in [0.05, 0.1) is 11.5 Å². The maximum Gasteiger partial charge on any atom is 0.231 e. The molecule has 0 saturated carbocycles. The summed E-state index contributed by atoms with van der Waals surface area (Å²) in [5, 5.41) is 2.62. The van der Waals surface area contributed by atoms with E-state index in [1.807, 2.05) is 12.1 Å². The number of likely N-dealkylation sites (N-methyl/N-ethyl adjacent to an activating group) is 1. The number of pyridine rings is 1. The van der Waals surface area contributed by atoms with E-state index in [-0.39, 0.29) is 29.9 Å². The van der Waals surface area contributed by atoms with Gasteiger partial charge in [-0.15, -0.1) is 0 Å². The third-order valence-corrected chi connectivity index (χ3v) is 5.59. The lowest BCUT2D eigenvalue weighted by Crippen LogP contribution is -2.39. The summed E-state index contributed by atoms with van der Waals surface area (Å²) in [5.41, 5.74) is 1.07. The van der Waals surface area contributed by atoms with Gasteiger partial charge in [-0.2, -0.15) is 0 Å². The van der Waals surface area contributed by atoms with Gasteiger partial charge in [0.2, 0.25) is 11.8 Å². The smallest absolute Gasteiger partial charge is 0.231 e. The minimum absolute atomic E-state index is 0.0369. The molecule has 1 fully saturated rings. The van der Waals surface area contributed by atoms with Crippen molar-refractivity contribution in [1.82, 2.24) is 15.2 Å². The molecule has 0 bridgehead atoms. The summed E-state index contributed by atoms with van der Waals surface area (Å²) in [6, 6.07) is 3.39. The minimum Gasteiger partial charge on any atom is -0.352 e. The maximum atomic E-state index is 12.0. The largest absolute Gasteiger partial charge is 0.352 e. The predicted octanol–water partition coefficient (Wildman–Crippen LogP) is -0.224. The Kier molecular flexibility index (Phi) is 5.70. The number of rotatable bonds is 6. The third kappa shape index (κ3) is 5.63. The molecule has 126 valence electrons. The van der Waals surface area contributed by atoms with E-state index >= 15 is 0 Å². The average molecular weight is 339 g/mol. The van der Waals surface area contributed by atoms with Crippen molar-refractivity contribution in [1.29, 1.82) is 0 Å². The molecule has 1 N–H and O–H groups in total. The van der Waals surface area contributed by atoms with Crippen LogP contribution in [0.3, 0.4) is 0 Å². The van der Waals surface area contributed by atoms with E-state index in [1.165, 1.54) is 4.90 Å². The number of carbonyl (C=O) groups excluding carboxylic acids is 2. The zero-order valence-corrected chi connectivity index (χ0v) is 13.9. The SMILES string of the molecule is CN(CCc1ccncc1)C(=O)CC(=O)NC1CCS(=O)(=O)C1. The van der Waals surface area contributed by atoms with E-state index in [0.717, 1.165) is 5.56 Å². The molecule has 0 spiro atoms. The summed E-state index contributed by atoms with van der Waals surface area (Å²) >= 11 is 0. The van der Waals surface area contributed by atoms with E-state index in [4.69, 9.17) is 0 Å². The number of aromatic nitrogens is 1. The number of hydrogen-bond acceptors (Lipinski definition) is 5. The molecule has 1 aliphatic rings. The Hall–Kier alpha value is -1.96. The molecule has 2 heterocycles. The zero-order valence-electron chi connectivity index (χ0n) is 13.1. The first-order chi connectivity index (χ1) is 10.9. The summed E-state index contributed by atoms with van der Waals surface area (Å²) in [7, 11) is -1.39. The molecule has 1 aliphatic heterocycles. The number of carbonyl (C=O) groups is 2. The van der Waals surface area contributed by atoms with Gasteiger partial charge in [-0.1, -0.05) is 0 Å². The molecule has 1 aromatic rings. The Labute approximate surface area is 136 Å². The normalized spacial score (nSPS) is 19.3. The lowest BCUT2D eigenvalue weighted by molar-refractivity contribution is -0.135. The van der Waals surface area contributed by atoms with Crippen LogP contribution in [0.1, 0.15) is 18.4 Å². The van der Waals surface area contributed by atoms with Crippen molar-refractivity contribution in [2.75, 3.05) is 25.1 Å². The second kappa shape index (κ2) is 7.54. The average Bonchev–Trinajstić information content (AvgIpc) is 2.84. The topological polar surface area (TPSA) is 96.4 Å². The van der Waals surface area contributed by atoms with E-state index in [0.29, 0.717) is 19.4 Å². The number of amides is 2. The molecule has 1 saturated heterocycles. The second-order valence-corrected chi connectivity index (χ2v) is 7.99. The molecule has 0 aliphatic carbocycles. The summed E-state index contributed by atoms with van der Waals surface area (Å²) in [6.07, 6.45) is 4.23. The van der Waals surface area contributed by atoms with E-state index in [2.05, 4.69) is 10.3 Å². The van der Waals surface area contributed by atoms with Crippen LogP contribution in [0.25, 0.3) is 0 Å². The molecule has 2 rings (SSSR count). The van der Waals surface area contributed by atoms with Gasteiger partial charge >= 0.3 is 0 Å². The van der Waals surface area contributed by atoms with Gasteiger partial charge in [0.1, 0.15) is 6.42 Å². The van der Waals surface area contributed by atoms with Crippen molar-refractivity contribution in [3.8, 4) is 0 Å². The van der Waals surface area contributed by atoms with Gasteiger partial charge in [0.15, 0.2) is 9.84 Å². The summed E-state index contributed by atoms with van der Waals surface area (Å²) in [5.74, 6) is -0.645. The van der Waals surface area contributed by atoms with Gasteiger partial charge in [0, 0.05) is 32.0 Å². The maximum absolute atomic E-state index is 12.0. The van der Waals surface area contributed by atoms with Gasteiger partial charge in [-0.3, -0.25) is 14.6 Å². The molecule has 2 amide bonds. The van der Waals surface area contributed by atoms with Crippen LogP contribution < -0.4 is 5.32 Å². The first-order valence-electron chi connectivity index (χ1n) is 7.48. The molecule has 1 atom stereocenters. The van der Waals surface area contributed by atoms with Gasteiger partial charge < -0.3 is 10.2 Å². The lowest BCUT2D eigenvalue weighted by atomic mass is 10.2. The molecule has 0 aromatic carbocycles. The van der Waals surface area contributed by atoms with Gasteiger partial charge in [-0.05, 0) is 30.5 Å². The van der Waals surface area contributed by atoms with Crippen molar-refractivity contribution >= 4 is 21.7 Å². The van der Waals surface area contributed by atoms with Crippen LogP contribution in [0.5, 0.6) is 0 Å². The fourth-order valence-corrected chi connectivity index (χ4v) is 4.10. The van der Waals surface area contributed by atoms with Crippen molar-refractivity contribution in [2.45, 2.75) is 25.3 Å². The highest BCUT2D eigenvalue weighted by molar-refractivity contribution is 7.91. The summed E-state index contributed by atoms with van der Waals surface area (Å²) in [6.45, 7) is 0.508. The molecule has 8 heteroatoms. The minimum atomic E-state index is -3.04. The molecular formula is C15H21N3O4S. The quantitative estimate of drug-likeness (QED) is 0.723. The van der Waals surface area contributed by atoms with E-state index < -0.39 is 15.7 Å². The monoisotopic (exact) mass is 339 g/mol. The molecular weight excluding hydrogens is 318 g/mol. The van der Waals surface area contributed by atoms with Crippen molar-refractivity contribution < 1.29 is 18.0 Å². The molecule has 7 nitrogen and oxygen atoms in total. The fourth-order valence-electron chi connectivity index (χ4n) is 2.43. The van der Waals surface area contributed by atoms with Crippen LogP contribution in [0.2, 0.25) is 0 Å². The first kappa shape index (κ1) is 17.4. The Morgan fingerprint density at radius 3 is 2.65 bits per heavy atom. The standard InChI is InChI=1S/C15H21N3O4S/c1-18(8-4-12-2-6-16-7-3-12)15(20)10-14(19)17-13-5-9-23(21,22)11-13/h2-3,6-7,13H,4-5,8-11H2,1H3,(H,17,19). The first-order valence-corrected chi connectivity index (χ1v) is 9.30. The lowest BCUT2D eigenvalue weighted by Gasteiger charge is -2.18. The van der Waals surface area contributed by atoms with Crippen LogP contribution in [0.15, 0.2) is 24.5 Å². The Morgan fingerprint density at radius 1 is 1.35 bits per heavy atom. The summed E-state index contributed by atoms with van der Waals surface area (Å²) in [4.78, 5) is 29.3. The highest BCUT2D eigenvalue weighted by Gasteiger charge is 2.29. The van der Waals surface area contributed by atoms with Crippen LogP contribution in [0, 0.1) is 0 Å². The van der Waals surface area contributed by atoms with E-state index in [1.54, 1.807) is 19.4 Å². The zero-order chi connectivity index (χ0) is 16.9. The predicted molar refractivity (Wildman–Crippen MR) is 85.4 cm³/mol. The Morgan fingerprint density at radius 2 is 2.04 bits per heavy atom. The Bertz CT molecular complexity index is 661. The molecule has 1 aromatic heterocycles. The Balaban J connectivity index is 1.73. The van der Waals surface area contributed by atoms with Crippen LogP contribution in [0.4, 0.5) is 0 Å². The third-order valence-electron chi connectivity index (χ3n) is 3.82. The molecule has 0 radical (unpaired) electrons. The van der Waals surface area contributed by atoms with Crippen molar-refractivity contribution in [3.05, 3.63) is 30.1 Å². The van der Waals surface area contributed by atoms with Gasteiger partial charge in [0.25, 0.3) is 0 Å². The fraction of sp³-hybridized carbons (Fsp3) is 0.533. The highest BCUT2D eigenvalue weighted by atomic mass is 32.2.